The summed E-state index contributed by atoms with van der Waals surface area (Å²) in [4.78, 5) is 11.9. The minimum atomic E-state index is 0.623. The molecule has 0 amide bonds. The quantitative estimate of drug-likeness (QED) is 0.163. The molecule has 5 nitrogen and oxygen atoms in total. The van der Waals surface area contributed by atoms with Crippen molar-refractivity contribution in [3.05, 3.63) is 200 Å². The van der Waals surface area contributed by atoms with E-state index in [1.54, 1.807) is 0 Å². The molecule has 0 saturated carbocycles. The minimum Gasteiger partial charge on any atom is -0.436 e. The van der Waals surface area contributed by atoms with Crippen molar-refractivity contribution in [3.63, 3.8) is 0 Å². The Labute approximate surface area is 328 Å². The van der Waals surface area contributed by atoms with Gasteiger partial charge in [0, 0.05) is 28.2 Å². The average molecular weight is 732 g/mol. The van der Waals surface area contributed by atoms with Crippen LogP contribution < -0.4 is 4.90 Å². The summed E-state index contributed by atoms with van der Waals surface area (Å²) in [6.45, 7) is 0. The van der Waals surface area contributed by atoms with Crippen LogP contribution in [0, 0.1) is 0 Å². The van der Waals surface area contributed by atoms with Crippen LogP contribution in [0.4, 0.5) is 17.1 Å². The molecule has 0 fully saturated rings. The number of nitrogens with zero attached hydrogens (tertiary/aromatic N) is 3. The molecule has 0 spiro atoms. The van der Waals surface area contributed by atoms with Gasteiger partial charge in [0.2, 0.25) is 11.8 Å². The summed E-state index contributed by atoms with van der Waals surface area (Å²) < 4.78 is 12.6. The average Bonchev–Trinajstić information content (AvgIpc) is 3.91. The first-order valence-corrected chi connectivity index (χ1v) is 19.0. The smallest absolute Gasteiger partial charge is 0.227 e. The van der Waals surface area contributed by atoms with Crippen molar-refractivity contribution in [2.45, 2.75) is 0 Å². The number of benzene rings is 9. The van der Waals surface area contributed by atoms with Gasteiger partial charge >= 0.3 is 0 Å². The van der Waals surface area contributed by atoms with Crippen LogP contribution in [0.2, 0.25) is 0 Å². The number of anilines is 3. The van der Waals surface area contributed by atoms with Crippen molar-refractivity contribution < 1.29 is 8.83 Å². The standard InChI is InChI=1S/C52H33N3O2/c1-2-12-44(13-3-1)55(45-24-18-36(19-25-45)40-22-28-47-49(32-40)56-51(53-47)42-16-14-34-8-4-6-10-38(34)30-42)46-26-20-37(21-27-46)41-23-29-48-50(33-41)57-52(54-48)43-17-15-35-9-5-7-11-39(35)31-43/h1-33H. The van der Waals surface area contributed by atoms with Gasteiger partial charge in [0.1, 0.15) is 11.0 Å². The minimum absolute atomic E-state index is 0.623. The van der Waals surface area contributed by atoms with Gasteiger partial charge in [-0.3, -0.25) is 0 Å². The monoisotopic (exact) mass is 731 g/mol. The van der Waals surface area contributed by atoms with Gasteiger partial charge in [-0.25, -0.2) is 9.97 Å². The van der Waals surface area contributed by atoms with E-state index in [2.05, 4.69) is 187 Å². The molecule has 0 N–H and O–H groups in total. The molecule has 0 aliphatic rings. The van der Waals surface area contributed by atoms with Crippen LogP contribution in [0.3, 0.4) is 0 Å². The normalized spacial score (nSPS) is 11.5. The van der Waals surface area contributed by atoms with E-state index in [4.69, 9.17) is 18.8 Å². The van der Waals surface area contributed by atoms with Crippen LogP contribution in [0.15, 0.2) is 209 Å². The van der Waals surface area contributed by atoms with Gasteiger partial charge in [-0.1, -0.05) is 115 Å². The van der Waals surface area contributed by atoms with E-state index in [-0.39, 0.29) is 0 Å². The lowest BCUT2D eigenvalue weighted by atomic mass is 10.0. The molecule has 57 heavy (non-hydrogen) atoms. The molecule has 9 aromatic carbocycles. The Morgan fingerprint density at radius 1 is 0.298 bits per heavy atom. The van der Waals surface area contributed by atoms with Crippen molar-refractivity contribution >= 4 is 60.8 Å². The van der Waals surface area contributed by atoms with Gasteiger partial charge in [-0.15, -0.1) is 0 Å². The maximum Gasteiger partial charge on any atom is 0.227 e. The molecule has 0 saturated heterocycles. The van der Waals surface area contributed by atoms with Gasteiger partial charge in [0.05, 0.1) is 0 Å². The molecule has 11 rings (SSSR count). The number of fused-ring (bicyclic) bond motifs is 4. The molecule has 11 aromatic rings. The van der Waals surface area contributed by atoms with E-state index >= 15 is 0 Å². The first kappa shape index (κ1) is 32.7. The summed E-state index contributed by atoms with van der Waals surface area (Å²) >= 11 is 0. The Hall–Kier alpha value is -7.76. The van der Waals surface area contributed by atoms with E-state index in [1.165, 1.54) is 10.8 Å². The van der Waals surface area contributed by atoms with Crippen molar-refractivity contribution in [1.82, 2.24) is 9.97 Å². The number of rotatable bonds is 7. The molecule has 0 radical (unpaired) electrons. The summed E-state index contributed by atoms with van der Waals surface area (Å²) in [6, 6.07) is 69.6. The third kappa shape index (κ3) is 6.08. The molecular weight excluding hydrogens is 699 g/mol. The molecular formula is C52H33N3O2. The molecule has 268 valence electrons. The van der Waals surface area contributed by atoms with E-state index in [9.17, 15) is 0 Å². The fraction of sp³-hybridized carbons (Fsp3) is 0. The summed E-state index contributed by atoms with van der Waals surface area (Å²) in [5.41, 5.74) is 12.6. The second-order valence-corrected chi connectivity index (χ2v) is 14.3. The Morgan fingerprint density at radius 3 is 1.16 bits per heavy atom. The third-order valence-corrected chi connectivity index (χ3v) is 10.7. The Bertz CT molecular complexity index is 3040. The summed E-state index contributed by atoms with van der Waals surface area (Å²) in [5, 5.41) is 4.71. The fourth-order valence-electron chi connectivity index (χ4n) is 7.73. The second kappa shape index (κ2) is 13.5. The van der Waals surface area contributed by atoms with Crippen LogP contribution >= 0.6 is 0 Å². The van der Waals surface area contributed by atoms with Crippen molar-refractivity contribution in [3.8, 4) is 45.2 Å². The van der Waals surface area contributed by atoms with E-state index in [1.807, 2.05) is 18.2 Å². The first-order chi connectivity index (χ1) is 28.2. The zero-order valence-electron chi connectivity index (χ0n) is 30.7. The highest BCUT2D eigenvalue weighted by Crippen LogP contribution is 2.38. The van der Waals surface area contributed by atoms with Crippen LogP contribution in [-0.4, -0.2) is 9.97 Å². The number of hydrogen-bond donors (Lipinski definition) is 0. The Balaban J connectivity index is 0.872. The van der Waals surface area contributed by atoms with Crippen molar-refractivity contribution in [1.29, 1.82) is 0 Å². The van der Waals surface area contributed by atoms with Gasteiger partial charge in [-0.2, -0.15) is 0 Å². The van der Waals surface area contributed by atoms with Crippen LogP contribution in [0.5, 0.6) is 0 Å². The predicted octanol–water partition coefficient (Wildman–Crippen LogP) is 14.4. The van der Waals surface area contributed by atoms with Gasteiger partial charge < -0.3 is 13.7 Å². The Morgan fingerprint density at radius 2 is 0.684 bits per heavy atom. The maximum absolute atomic E-state index is 6.31. The third-order valence-electron chi connectivity index (χ3n) is 10.7. The van der Waals surface area contributed by atoms with Gasteiger partial charge in [0.15, 0.2) is 11.2 Å². The number of para-hydroxylation sites is 1. The van der Waals surface area contributed by atoms with Crippen LogP contribution in [-0.2, 0) is 0 Å². The van der Waals surface area contributed by atoms with E-state index in [0.29, 0.717) is 11.8 Å². The summed E-state index contributed by atoms with van der Waals surface area (Å²) in [7, 11) is 0. The molecule has 0 aliphatic carbocycles. The second-order valence-electron chi connectivity index (χ2n) is 14.3. The molecule has 0 atom stereocenters. The van der Waals surface area contributed by atoms with Crippen molar-refractivity contribution in [2.75, 3.05) is 4.90 Å². The summed E-state index contributed by atoms with van der Waals surface area (Å²) in [5.74, 6) is 1.25. The molecule has 0 bridgehead atoms. The molecule has 5 heteroatoms. The highest BCUT2D eigenvalue weighted by Gasteiger charge is 2.16. The SMILES string of the molecule is c1ccc(N(c2ccc(-c3ccc4nc(-c5ccc6ccccc6c5)oc4c3)cc2)c2ccc(-c3ccc4nc(-c5ccc6ccccc6c5)oc4c3)cc2)cc1. The number of oxazole rings is 2. The number of hydrogen-bond acceptors (Lipinski definition) is 5. The number of aromatic nitrogens is 2. The zero-order chi connectivity index (χ0) is 37.7. The van der Waals surface area contributed by atoms with E-state index in [0.717, 1.165) is 83.4 Å². The van der Waals surface area contributed by atoms with Crippen LogP contribution in [0.25, 0.3) is 88.9 Å². The van der Waals surface area contributed by atoms with E-state index < -0.39 is 0 Å². The highest BCUT2D eigenvalue weighted by molar-refractivity contribution is 5.90. The molecule has 2 aromatic heterocycles. The largest absolute Gasteiger partial charge is 0.436 e. The fourth-order valence-corrected chi connectivity index (χ4v) is 7.73. The van der Waals surface area contributed by atoms with Gasteiger partial charge in [-0.05, 0) is 129 Å². The summed E-state index contributed by atoms with van der Waals surface area (Å²) in [6.07, 6.45) is 0. The Kier molecular flexibility index (Phi) is 7.74. The van der Waals surface area contributed by atoms with Crippen LogP contribution in [0.1, 0.15) is 0 Å². The zero-order valence-corrected chi connectivity index (χ0v) is 30.7. The molecule has 2 heterocycles. The highest BCUT2D eigenvalue weighted by atomic mass is 16.4. The van der Waals surface area contributed by atoms with Crippen molar-refractivity contribution in [2.24, 2.45) is 0 Å². The lowest BCUT2D eigenvalue weighted by Crippen LogP contribution is -2.09. The molecule has 0 aliphatic heterocycles. The predicted molar refractivity (Wildman–Crippen MR) is 233 cm³/mol. The first-order valence-electron chi connectivity index (χ1n) is 19.0. The van der Waals surface area contributed by atoms with Gasteiger partial charge in [0.25, 0.3) is 0 Å². The molecule has 0 unspecified atom stereocenters. The lowest BCUT2D eigenvalue weighted by Gasteiger charge is -2.26. The topological polar surface area (TPSA) is 55.3 Å². The lowest BCUT2D eigenvalue weighted by molar-refractivity contribution is 0.619. The maximum atomic E-state index is 6.31.